The molecule has 0 aliphatic carbocycles. The number of pyridine rings is 1. The van der Waals surface area contributed by atoms with E-state index in [1.165, 1.54) is 6.20 Å². The zero-order chi connectivity index (χ0) is 9.68. The second kappa shape index (κ2) is 4.20. The van der Waals surface area contributed by atoms with E-state index in [-0.39, 0.29) is 12.3 Å². The molecule has 0 aliphatic rings. The number of aliphatic hydroxyl groups excluding tert-OH is 1. The molecule has 0 saturated carbocycles. The lowest BCUT2D eigenvalue weighted by Gasteiger charge is -1.92. The summed E-state index contributed by atoms with van der Waals surface area (Å²) in [4.78, 5) is 3.53. The quantitative estimate of drug-likeness (QED) is 0.583. The summed E-state index contributed by atoms with van der Waals surface area (Å²) < 4.78 is 12.9. The first-order valence-electron chi connectivity index (χ1n) is 3.43. The van der Waals surface area contributed by atoms with Crippen LogP contribution in [0.4, 0.5) is 4.39 Å². The minimum Gasteiger partial charge on any atom is -0.384 e. The first-order valence-corrected chi connectivity index (χ1v) is 3.43. The van der Waals surface area contributed by atoms with E-state index in [1.54, 1.807) is 6.07 Å². The van der Waals surface area contributed by atoms with Crippen LogP contribution in [-0.4, -0.2) is 16.7 Å². The molecule has 1 aromatic heterocycles. The minimum absolute atomic E-state index is 0.255. The number of hydrogen-bond acceptors (Lipinski definition) is 3. The summed E-state index contributed by atoms with van der Waals surface area (Å²) in [6.45, 7) is -0.290. The molecule has 0 fully saturated rings. The highest BCUT2D eigenvalue weighted by atomic mass is 19.1. The molecule has 0 radical (unpaired) electrons. The molecule has 0 spiro atoms. The van der Waals surface area contributed by atoms with Crippen molar-refractivity contribution in [2.24, 2.45) is 0 Å². The summed E-state index contributed by atoms with van der Waals surface area (Å²) in [5, 5.41) is 16.7. The Hall–Kier alpha value is -1.91. The maximum absolute atomic E-state index is 12.9. The fourth-order valence-corrected chi connectivity index (χ4v) is 0.730. The lowest BCUT2D eigenvalue weighted by atomic mass is 10.2. The highest BCUT2D eigenvalue weighted by Crippen LogP contribution is 2.04. The lowest BCUT2D eigenvalue weighted by Crippen LogP contribution is -1.90. The molecular weight excluding hydrogens is 171 g/mol. The Morgan fingerprint density at radius 2 is 2.38 bits per heavy atom. The van der Waals surface area contributed by atoms with Crippen LogP contribution in [0.15, 0.2) is 12.3 Å². The van der Waals surface area contributed by atoms with E-state index in [0.29, 0.717) is 5.56 Å². The zero-order valence-electron chi connectivity index (χ0n) is 6.58. The molecule has 0 amide bonds. The standard InChI is InChI=1S/C9H5FN2O/c10-8-4-7(2-1-3-13)6-12-9(8)5-11/h4,6,13H,3H2. The molecule has 3 nitrogen and oxygen atoms in total. The van der Waals surface area contributed by atoms with Crippen LogP contribution in [0.2, 0.25) is 0 Å². The molecule has 0 aliphatic heterocycles. The van der Waals surface area contributed by atoms with Gasteiger partial charge in [0, 0.05) is 11.8 Å². The van der Waals surface area contributed by atoms with Crippen molar-refractivity contribution in [1.29, 1.82) is 5.26 Å². The first kappa shape index (κ1) is 9.18. The Kier molecular flexibility index (Phi) is 2.97. The molecule has 1 heterocycles. The molecule has 1 N–H and O–H groups in total. The van der Waals surface area contributed by atoms with E-state index in [0.717, 1.165) is 6.07 Å². The number of aliphatic hydroxyl groups is 1. The summed E-state index contributed by atoms with van der Waals surface area (Å²) in [7, 11) is 0. The van der Waals surface area contributed by atoms with Crippen molar-refractivity contribution in [3.05, 3.63) is 29.3 Å². The monoisotopic (exact) mass is 176 g/mol. The van der Waals surface area contributed by atoms with Crippen molar-refractivity contribution < 1.29 is 9.50 Å². The number of nitrogens with zero attached hydrogens (tertiary/aromatic N) is 2. The predicted octanol–water partition coefficient (Wildman–Crippen LogP) is 0.436. The Balaban J connectivity index is 3.04. The van der Waals surface area contributed by atoms with Gasteiger partial charge in [-0.05, 0) is 6.07 Å². The second-order valence-corrected chi connectivity index (χ2v) is 2.13. The number of halogens is 1. The van der Waals surface area contributed by atoms with Crippen molar-refractivity contribution in [2.75, 3.05) is 6.61 Å². The van der Waals surface area contributed by atoms with Gasteiger partial charge in [-0.1, -0.05) is 11.8 Å². The van der Waals surface area contributed by atoms with E-state index >= 15 is 0 Å². The smallest absolute Gasteiger partial charge is 0.176 e. The fourth-order valence-electron chi connectivity index (χ4n) is 0.730. The average molecular weight is 176 g/mol. The molecule has 1 rings (SSSR count). The van der Waals surface area contributed by atoms with Crippen LogP contribution in [0, 0.1) is 29.0 Å². The van der Waals surface area contributed by atoms with E-state index < -0.39 is 5.82 Å². The Morgan fingerprint density at radius 3 is 2.92 bits per heavy atom. The fraction of sp³-hybridized carbons (Fsp3) is 0.111. The van der Waals surface area contributed by atoms with Crippen LogP contribution in [0.5, 0.6) is 0 Å². The normalized spacial score (nSPS) is 8.38. The van der Waals surface area contributed by atoms with Crippen molar-refractivity contribution in [1.82, 2.24) is 4.98 Å². The van der Waals surface area contributed by atoms with Gasteiger partial charge in [-0.15, -0.1) is 0 Å². The van der Waals surface area contributed by atoms with Gasteiger partial charge in [0.15, 0.2) is 11.5 Å². The molecule has 64 valence electrons. The highest BCUT2D eigenvalue weighted by Gasteiger charge is 2.01. The predicted molar refractivity (Wildman–Crippen MR) is 42.9 cm³/mol. The van der Waals surface area contributed by atoms with Crippen molar-refractivity contribution >= 4 is 0 Å². The van der Waals surface area contributed by atoms with Gasteiger partial charge in [0.2, 0.25) is 0 Å². The van der Waals surface area contributed by atoms with Crippen molar-refractivity contribution in [2.45, 2.75) is 0 Å². The lowest BCUT2D eigenvalue weighted by molar-refractivity contribution is 0.350. The van der Waals surface area contributed by atoms with Crippen LogP contribution in [0.25, 0.3) is 0 Å². The number of aromatic nitrogens is 1. The summed E-state index contributed by atoms with van der Waals surface area (Å²) >= 11 is 0. The van der Waals surface area contributed by atoms with Crippen molar-refractivity contribution in [3.63, 3.8) is 0 Å². The number of hydrogen-bond donors (Lipinski definition) is 1. The van der Waals surface area contributed by atoms with Gasteiger partial charge in [-0.25, -0.2) is 9.37 Å². The molecular formula is C9H5FN2O. The third-order valence-electron chi connectivity index (χ3n) is 1.26. The molecule has 13 heavy (non-hydrogen) atoms. The summed E-state index contributed by atoms with van der Waals surface area (Å²) in [5.74, 6) is 4.12. The molecule has 0 atom stereocenters. The van der Waals surface area contributed by atoms with Gasteiger partial charge in [-0.3, -0.25) is 0 Å². The Labute approximate surface area is 74.5 Å². The van der Waals surface area contributed by atoms with Crippen molar-refractivity contribution in [3.8, 4) is 17.9 Å². The third kappa shape index (κ3) is 2.26. The molecule has 1 aromatic rings. The largest absolute Gasteiger partial charge is 0.384 e. The topological polar surface area (TPSA) is 56.9 Å². The van der Waals surface area contributed by atoms with Crippen LogP contribution < -0.4 is 0 Å². The third-order valence-corrected chi connectivity index (χ3v) is 1.26. The molecule has 0 aromatic carbocycles. The average Bonchev–Trinajstić information content (AvgIpc) is 2.15. The zero-order valence-corrected chi connectivity index (χ0v) is 6.58. The molecule has 0 saturated heterocycles. The maximum Gasteiger partial charge on any atom is 0.176 e. The van der Waals surface area contributed by atoms with Gasteiger partial charge in [0.05, 0.1) is 0 Å². The second-order valence-electron chi connectivity index (χ2n) is 2.13. The molecule has 0 bridgehead atoms. The minimum atomic E-state index is -0.702. The summed E-state index contributed by atoms with van der Waals surface area (Å²) in [6.07, 6.45) is 1.28. The Morgan fingerprint density at radius 1 is 1.62 bits per heavy atom. The van der Waals surface area contributed by atoms with Gasteiger partial charge >= 0.3 is 0 Å². The van der Waals surface area contributed by atoms with Crippen LogP contribution in [-0.2, 0) is 0 Å². The maximum atomic E-state index is 12.9. The van der Waals surface area contributed by atoms with E-state index in [1.807, 2.05) is 0 Å². The molecule has 4 heteroatoms. The SMILES string of the molecule is N#Cc1ncc(C#CCO)cc1F. The van der Waals surface area contributed by atoms with E-state index in [4.69, 9.17) is 10.4 Å². The van der Waals surface area contributed by atoms with Gasteiger partial charge in [-0.2, -0.15) is 5.26 Å². The highest BCUT2D eigenvalue weighted by molar-refractivity contribution is 5.35. The Bertz CT molecular complexity index is 412. The number of nitriles is 1. The van der Waals surface area contributed by atoms with Crippen LogP contribution in [0.1, 0.15) is 11.3 Å². The number of rotatable bonds is 0. The van der Waals surface area contributed by atoms with E-state index in [9.17, 15) is 4.39 Å². The van der Waals surface area contributed by atoms with Gasteiger partial charge in [0.25, 0.3) is 0 Å². The first-order chi connectivity index (χ1) is 6.27. The van der Waals surface area contributed by atoms with Crippen LogP contribution >= 0.6 is 0 Å². The summed E-state index contributed by atoms with van der Waals surface area (Å²) in [5.41, 5.74) is 0.0834. The van der Waals surface area contributed by atoms with E-state index in [2.05, 4.69) is 16.8 Å². The molecule has 0 unspecified atom stereocenters. The summed E-state index contributed by atoms with van der Waals surface area (Å²) in [6, 6.07) is 2.70. The van der Waals surface area contributed by atoms with Crippen LogP contribution in [0.3, 0.4) is 0 Å². The van der Waals surface area contributed by atoms with Gasteiger partial charge < -0.3 is 5.11 Å². The van der Waals surface area contributed by atoms with Gasteiger partial charge in [0.1, 0.15) is 12.7 Å².